The number of hydrogen-bond acceptors (Lipinski definition) is 4. The van der Waals surface area contributed by atoms with Crippen LogP contribution in [-0.4, -0.2) is 31.1 Å². The Morgan fingerprint density at radius 1 is 1.28 bits per heavy atom. The van der Waals surface area contributed by atoms with Crippen molar-refractivity contribution in [2.45, 2.75) is 29.7 Å². The third kappa shape index (κ3) is 3.29. The summed E-state index contributed by atoms with van der Waals surface area (Å²) in [6.45, 7) is 0. The highest BCUT2D eigenvalue weighted by molar-refractivity contribution is 7.90. The SMILES string of the molecule is CS(=O)(=O)c1ccc([C@@H](O)c2cc(F)cc(Cl)c2)c2c1[C@H](O)[C@H](F)C2. The summed E-state index contributed by atoms with van der Waals surface area (Å²) >= 11 is 5.80. The maximum atomic E-state index is 14.0. The van der Waals surface area contributed by atoms with E-state index >= 15 is 0 Å². The van der Waals surface area contributed by atoms with Crippen LogP contribution in [0.1, 0.15) is 34.5 Å². The molecule has 0 unspecified atom stereocenters. The number of sulfone groups is 1. The number of benzene rings is 2. The van der Waals surface area contributed by atoms with Crippen LogP contribution in [0.25, 0.3) is 0 Å². The van der Waals surface area contributed by atoms with Crippen molar-refractivity contribution in [1.82, 2.24) is 0 Å². The summed E-state index contributed by atoms with van der Waals surface area (Å²) in [5.41, 5.74) is 0.532. The van der Waals surface area contributed by atoms with Crippen LogP contribution in [-0.2, 0) is 16.3 Å². The van der Waals surface area contributed by atoms with Gasteiger partial charge in [-0.25, -0.2) is 17.2 Å². The normalized spacial score (nSPS) is 21.2. The molecule has 0 radical (unpaired) electrons. The molecule has 2 N–H and O–H groups in total. The number of fused-ring (bicyclic) bond motifs is 1. The minimum absolute atomic E-state index is 0.0472. The van der Waals surface area contributed by atoms with E-state index in [1.807, 2.05) is 0 Å². The molecule has 3 rings (SSSR count). The second-order valence-corrected chi connectivity index (χ2v) is 8.51. The summed E-state index contributed by atoms with van der Waals surface area (Å²) in [4.78, 5) is -0.177. The van der Waals surface area contributed by atoms with E-state index in [4.69, 9.17) is 11.6 Å². The lowest BCUT2D eigenvalue weighted by Crippen LogP contribution is -2.11. The van der Waals surface area contributed by atoms with Crippen LogP contribution in [0, 0.1) is 5.82 Å². The summed E-state index contributed by atoms with van der Waals surface area (Å²) in [6, 6.07) is 6.10. The van der Waals surface area contributed by atoms with E-state index < -0.39 is 34.0 Å². The van der Waals surface area contributed by atoms with E-state index in [-0.39, 0.29) is 38.6 Å². The van der Waals surface area contributed by atoms with Crippen molar-refractivity contribution >= 4 is 21.4 Å². The number of hydrogen-bond donors (Lipinski definition) is 2. The maximum Gasteiger partial charge on any atom is 0.175 e. The van der Waals surface area contributed by atoms with Gasteiger partial charge in [0.1, 0.15) is 24.2 Å². The Labute approximate surface area is 148 Å². The minimum Gasteiger partial charge on any atom is -0.385 e. The lowest BCUT2D eigenvalue weighted by Gasteiger charge is -2.18. The van der Waals surface area contributed by atoms with Crippen molar-refractivity contribution in [3.05, 3.63) is 63.4 Å². The Morgan fingerprint density at radius 2 is 1.96 bits per heavy atom. The van der Waals surface area contributed by atoms with E-state index in [2.05, 4.69) is 0 Å². The first-order chi connectivity index (χ1) is 11.6. The van der Waals surface area contributed by atoms with E-state index in [0.29, 0.717) is 0 Å². The fraction of sp³-hybridized carbons (Fsp3) is 0.294. The second kappa shape index (κ2) is 6.32. The van der Waals surface area contributed by atoms with Crippen LogP contribution in [0.2, 0.25) is 5.02 Å². The molecular formula is C17H15ClF2O4S. The molecule has 0 saturated carbocycles. The maximum absolute atomic E-state index is 14.0. The number of aliphatic hydroxyl groups excluding tert-OH is 2. The molecule has 0 aliphatic heterocycles. The lowest BCUT2D eigenvalue weighted by atomic mass is 9.94. The highest BCUT2D eigenvalue weighted by Gasteiger charge is 2.38. The van der Waals surface area contributed by atoms with Gasteiger partial charge >= 0.3 is 0 Å². The predicted octanol–water partition coefficient (Wildman–Crippen LogP) is 2.89. The molecule has 0 amide bonds. The molecule has 0 saturated heterocycles. The average Bonchev–Trinajstić information content (AvgIpc) is 2.79. The summed E-state index contributed by atoms with van der Waals surface area (Å²) < 4.78 is 51.4. The van der Waals surface area contributed by atoms with Crippen molar-refractivity contribution in [1.29, 1.82) is 0 Å². The largest absolute Gasteiger partial charge is 0.385 e. The van der Waals surface area contributed by atoms with Gasteiger partial charge in [-0.3, -0.25) is 0 Å². The average molecular weight is 389 g/mol. The van der Waals surface area contributed by atoms with Gasteiger partial charge in [-0.1, -0.05) is 17.7 Å². The Morgan fingerprint density at radius 3 is 2.56 bits per heavy atom. The first kappa shape index (κ1) is 18.3. The molecule has 134 valence electrons. The van der Waals surface area contributed by atoms with Gasteiger partial charge in [0.2, 0.25) is 0 Å². The summed E-state index contributed by atoms with van der Waals surface area (Å²) in [5, 5.41) is 20.7. The molecule has 0 heterocycles. The molecule has 25 heavy (non-hydrogen) atoms. The highest BCUT2D eigenvalue weighted by atomic mass is 35.5. The van der Waals surface area contributed by atoms with E-state index in [1.54, 1.807) is 0 Å². The van der Waals surface area contributed by atoms with Crippen molar-refractivity contribution in [2.24, 2.45) is 0 Å². The van der Waals surface area contributed by atoms with Crippen molar-refractivity contribution < 1.29 is 27.4 Å². The van der Waals surface area contributed by atoms with Crippen LogP contribution < -0.4 is 0 Å². The first-order valence-electron chi connectivity index (χ1n) is 7.41. The van der Waals surface area contributed by atoms with Gasteiger partial charge in [-0.05, 0) is 41.0 Å². The van der Waals surface area contributed by atoms with Gasteiger partial charge in [0, 0.05) is 23.3 Å². The van der Waals surface area contributed by atoms with Crippen LogP contribution >= 0.6 is 11.6 Å². The molecule has 0 bridgehead atoms. The van der Waals surface area contributed by atoms with E-state index in [9.17, 15) is 27.4 Å². The molecule has 0 spiro atoms. The third-order valence-corrected chi connectivity index (χ3v) is 5.66. The number of aliphatic hydroxyl groups is 2. The van der Waals surface area contributed by atoms with Crippen molar-refractivity contribution in [3.8, 4) is 0 Å². The Hall–Kier alpha value is -1.54. The standard InChI is InChI=1S/C17H15ClF2O4S/c1-25(23,24)14-3-2-11(12-7-13(20)17(22)15(12)14)16(21)8-4-9(18)6-10(19)5-8/h2-6,13,16-17,21-22H,7H2,1H3/t13-,16+,17-/m1/s1. The predicted molar refractivity (Wildman–Crippen MR) is 88.6 cm³/mol. The van der Waals surface area contributed by atoms with Crippen LogP contribution in [0.3, 0.4) is 0 Å². The molecule has 3 atom stereocenters. The number of alkyl halides is 1. The molecule has 4 nitrogen and oxygen atoms in total. The van der Waals surface area contributed by atoms with Gasteiger partial charge < -0.3 is 10.2 Å². The minimum atomic E-state index is -3.69. The van der Waals surface area contributed by atoms with Crippen LogP contribution in [0.5, 0.6) is 0 Å². The molecule has 1 aliphatic rings. The number of rotatable bonds is 3. The second-order valence-electron chi connectivity index (χ2n) is 6.09. The monoisotopic (exact) mass is 388 g/mol. The van der Waals surface area contributed by atoms with Gasteiger partial charge in [0.05, 0.1) is 4.90 Å². The first-order valence-corrected chi connectivity index (χ1v) is 9.68. The number of halogens is 3. The smallest absolute Gasteiger partial charge is 0.175 e. The highest BCUT2D eigenvalue weighted by Crippen LogP contribution is 2.42. The summed E-state index contributed by atoms with van der Waals surface area (Å²) in [5.74, 6) is -0.644. The summed E-state index contributed by atoms with van der Waals surface area (Å²) in [7, 11) is -3.69. The molecule has 8 heteroatoms. The fourth-order valence-electron chi connectivity index (χ4n) is 3.19. The van der Waals surface area contributed by atoms with E-state index in [1.165, 1.54) is 18.2 Å². The van der Waals surface area contributed by atoms with Gasteiger partial charge in [0.15, 0.2) is 9.84 Å². The topological polar surface area (TPSA) is 74.6 Å². The zero-order valence-electron chi connectivity index (χ0n) is 13.1. The van der Waals surface area contributed by atoms with Gasteiger partial charge in [-0.15, -0.1) is 0 Å². The van der Waals surface area contributed by atoms with Crippen molar-refractivity contribution in [3.63, 3.8) is 0 Å². The Balaban J connectivity index is 2.19. The molecule has 1 aliphatic carbocycles. The zero-order chi connectivity index (χ0) is 18.5. The molecule has 2 aromatic rings. The third-order valence-electron chi connectivity index (χ3n) is 4.29. The zero-order valence-corrected chi connectivity index (χ0v) is 14.7. The Bertz CT molecular complexity index is 926. The fourth-order valence-corrected chi connectivity index (χ4v) is 4.38. The van der Waals surface area contributed by atoms with Gasteiger partial charge in [0.25, 0.3) is 0 Å². The summed E-state index contributed by atoms with van der Waals surface area (Å²) in [6.07, 6.45) is -3.89. The van der Waals surface area contributed by atoms with Gasteiger partial charge in [-0.2, -0.15) is 0 Å². The molecular weight excluding hydrogens is 374 g/mol. The van der Waals surface area contributed by atoms with Crippen molar-refractivity contribution in [2.75, 3.05) is 6.26 Å². The van der Waals surface area contributed by atoms with Crippen LogP contribution in [0.15, 0.2) is 35.2 Å². The van der Waals surface area contributed by atoms with E-state index in [0.717, 1.165) is 18.4 Å². The van der Waals surface area contributed by atoms with Crippen LogP contribution in [0.4, 0.5) is 8.78 Å². The quantitative estimate of drug-likeness (QED) is 0.847. The molecule has 0 fully saturated rings. The lowest BCUT2D eigenvalue weighted by molar-refractivity contribution is 0.0907. The molecule has 2 aromatic carbocycles. The Kier molecular flexibility index (Phi) is 4.61. The molecule has 0 aromatic heterocycles.